The molecule has 130 valence electrons. The van der Waals surface area contributed by atoms with Gasteiger partial charge in [-0.3, -0.25) is 4.98 Å². The van der Waals surface area contributed by atoms with E-state index in [1.165, 1.54) is 0 Å². The number of aromatic nitrogens is 5. The third-order valence-electron chi connectivity index (χ3n) is 3.87. The Hall–Kier alpha value is -2.83. The summed E-state index contributed by atoms with van der Waals surface area (Å²) in [4.78, 5) is 20.1. The number of hydrogen-bond donors (Lipinski definition) is 0. The first kappa shape index (κ1) is 17.0. The predicted octanol–water partition coefficient (Wildman–Crippen LogP) is 3.36. The maximum absolute atomic E-state index is 5.45. The first-order chi connectivity index (χ1) is 12.0. The van der Waals surface area contributed by atoms with Gasteiger partial charge in [0.1, 0.15) is 5.69 Å². The van der Waals surface area contributed by atoms with Crippen molar-refractivity contribution >= 4 is 5.95 Å². The Kier molecular flexibility index (Phi) is 4.74. The summed E-state index contributed by atoms with van der Waals surface area (Å²) in [6, 6.07) is 5.72. The van der Waals surface area contributed by atoms with Crippen LogP contribution in [-0.2, 0) is 0 Å². The Morgan fingerprint density at radius 1 is 0.840 bits per heavy atom. The molecular formula is C18H22N6O. The van der Waals surface area contributed by atoms with E-state index in [0.29, 0.717) is 23.4 Å². The van der Waals surface area contributed by atoms with E-state index in [1.807, 2.05) is 39.0 Å². The highest BCUT2D eigenvalue weighted by Gasteiger charge is 2.15. The number of rotatable bonds is 5. The molecule has 0 spiro atoms. The molecule has 3 heterocycles. The van der Waals surface area contributed by atoms with Crippen LogP contribution in [0.3, 0.4) is 0 Å². The first-order valence-corrected chi connectivity index (χ1v) is 8.40. The van der Waals surface area contributed by atoms with Gasteiger partial charge in [0, 0.05) is 35.7 Å². The summed E-state index contributed by atoms with van der Waals surface area (Å²) in [7, 11) is 0. The molecule has 0 aliphatic heterocycles. The van der Waals surface area contributed by atoms with Crippen LogP contribution >= 0.6 is 0 Å². The summed E-state index contributed by atoms with van der Waals surface area (Å²) >= 11 is 0. The predicted molar refractivity (Wildman–Crippen MR) is 96.3 cm³/mol. The Balaban J connectivity index is 1.99. The van der Waals surface area contributed by atoms with Crippen LogP contribution in [0.15, 0.2) is 22.7 Å². The van der Waals surface area contributed by atoms with Crippen molar-refractivity contribution in [2.45, 2.75) is 34.6 Å². The maximum atomic E-state index is 5.45. The van der Waals surface area contributed by atoms with Crippen molar-refractivity contribution in [3.8, 4) is 23.0 Å². The number of nitrogens with zero attached hydrogens (tertiary/aromatic N) is 6. The van der Waals surface area contributed by atoms with Crippen LogP contribution in [-0.4, -0.2) is 38.2 Å². The van der Waals surface area contributed by atoms with Gasteiger partial charge < -0.3 is 9.42 Å². The molecule has 0 saturated carbocycles. The number of aryl methyl sites for hydroxylation is 3. The molecule has 0 unspecified atom stereocenters. The number of hydrogen-bond acceptors (Lipinski definition) is 7. The van der Waals surface area contributed by atoms with Gasteiger partial charge in [-0.1, -0.05) is 5.16 Å². The monoisotopic (exact) mass is 338 g/mol. The molecule has 0 fully saturated rings. The quantitative estimate of drug-likeness (QED) is 0.705. The molecule has 3 rings (SSSR count). The van der Waals surface area contributed by atoms with E-state index in [4.69, 9.17) is 4.52 Å². The van der Waals surface area contributed by atoms with Gasteiger partial charge >= 0.3 is 0 Å². The molecule has 3 aromatic heterocycles. The average Bonchev–Trinajstić information content (AvgIpc) is 3.05. The van der Waals surface area contributed by atoms with E-state index >= 15 is 0 Å². The van der Waals surface area contributed by atoms with Gasteiger partial charge in [0.05, 0.1) is 0 Å². The van der Waals surface area contributed by atoms with Gasteiger partial charge in [0.2, 0.25) is 11.8 Å². The van der Waals surface area contributed by atoms with Gasteiger partial charge in [-0.15, -0.1) is 0 Å². The SMILES string of the molecule is CCN(CC)c1nc(C)cc(-c2noc(-c3cc(C)nc(C)c3)n2)n1. The fourth-order valence-electron chi connectivity index (χ4n) is 2.72. The normalized spacial score (nSPS) is 10.9. The van der Waals surface area contributed by atoms with E-state index in [-0.39, 0.29) is 0 Å². The minimum Gasteiger partial charge on any atom is -0.341 e. The van der Waals surface area contributed by atoms with Gasteiger partial charge in [0.15, 0.2) is 0 Å². The zero-order chi connectivity index (χ0) is 18.0. The third kappa shape index (κ3) is 3.65. The summed E-state index contributed by atoms with van der Waals surface area (Å²) in [6.45, 7) is 11.7. The lowest BCUT2D eigenvalue weighted by Gasteiger charge is -2.18. The van der Waals surface area contributed by atoms with E-state index in [1.54, 1.807) is 0 Å². The summed E-state index contributed by atoms with van der Waals surface area (Å²) in [5.74, 6) is 1.60. The van der Waals surface area contributed by atoms with Crippen LogP contribution in [0, 0.1) is 20.8 Å². The third-order valence-corrected chi connectivity index (χ3v) is 3.87. The highest BCUT2D eigenvalue weighted by Crippen LogP contribution is 2.23. The molecule has 25 heavy (non-hydrogen) atoms. The van der Waals surface area contributed by atoms with Crippen LogP contribution in [0.4, 0.5) is 5.95 Å². The minimum absolute atomic E-state index is 0.459. The summed E-state index contributed by atoms with van der Waals surface area (Å²) in [6.07, 6.45) is 0. The molecule has 3 aromatic rings. The average molecular weight is 338 g/mol. The molecule has 0 amide bonds. The van der Waals surface area contributed by atoms with Crippen LogP contribution < -0.4 is 4.90 Å². The zero-order valence-corrected chi connectivity index (χ0v) is 15.2. The summed E-state index contributed by atoms with van der Waals surface area (Å²) < 4.78 is 5.45. The van der Waals surface area contributed by atoms with Crippen LogP contribution in [0.2, 0.25) is 0 Å². The van der Waals surface area contributed by atoms with Gasteiger partial charge in [-0.25, -0.2) is 9.97 Å². The van der Waals surface area contributed by atoms with Crippen LogP contribution in [0.25, 0.3) is 23.0 Å². The fourth-order valence-corrected chi connectivity index (χ4v) is 2.72. The van der Waals surface area contributed by atoms with Gasteiger partial charge in [-0.2, -0.15) is 4.98 Å². The van der Waals surface area contributed by atoms with E-state index in [9.17, 15) is 0 Å². The minimum atomic E-state index is 0.459. The van der Waals surface area contributed by atoms with E-state index in [0.717, 1.165) is 35.7 Å². The van der Waals surface area contributed by atoms with Crippen molar-refractivity contribution in [1.29, 1.82) is 0 Å². The molecule has 0 aliphatic rings. The second-order valence-electron chi connectivity index (χ2n) is 5.93. The van der Waals surface area contributed by atoms with Gasteiger partial charge in [-0.05, 0) is 52.8 Å². The Morgan fingerprint density at radius 2 is 1.48 bits per heavy atom. The molecule has 0 atom stereocenters. The molecule has 0 bridgehead atoms. The Bertz CT molecular complexity index is 865. The van der Waals surface area contributed by atoms with Crippen molar-refractivity contribution in [3.05, 3.63) is 35.3 Å². The largest absolute Gasteiger partial charge is 0.341 e. The maximum Gasteiger partial charge on any atom is 0.258 e. The highest BCUT2D eigenvalue weighted by molar-refractivity contribution is 5.59. The van der Waals surface area contributed by atoms with Crippen molar-refractivity contribution in [2.24, 2.45) is 0 Å². The van der Waals surface area contributed by atoms with Crippen LogP contribution in [0.5, 0.6) is 0 Å². The Morgan fingerprint density at radius 3 is 2.12 bits per heavy atom. The summed E-state index contributed by atoms with van der Waals surface area (Å²) in [5, 5.41) is 4.10. The number of pyridine rings is 1. The first-order valence-electron chi connectivity index (χ1n) is 8.40. The molecule has 0 radical (unpaired) electrons. The van der Waals surface area contributed by atoms with Crippen molar-refractivity contribution in [2.75, 3.05) is 18.0 Å². The Labute approximate surface area is 147 Å². The van der Waals surface area contributed by atoms with Crippen molar-refractivity contribution in [3.63, 3.8) is 0 Å². The standard InChI is InChI=1S/C18H22N6O/c1-6-24(7-2)18-20-13(5)10-15(21-18)16-22-17(25-23-16)14-8-11(3)19-12(4)9-14/h8-10H,6-7H2,1-5H3. The number of anilines is 1. The lowest BCUT2D eigenvalue weighted by atomic mass is 10.2. The summed E-state index contributed by atoms with van der Waals surface area (Å²) in [5.41, 5.74) is 4.21. The second-order valence-corrected chi connectivity index (χ2v) is 5.93. The molecule has 0 aromatic carbocycles. The van der Waals surface area contributed by atoms with E-state index < -0.39 is 0 Å². The molecule has 0 saturated heterocycles. The van der Waals surface area contributed by atoms with Crippen molar-refractivity contribution < 1.29 is 4.52 Å². The zero-order valence-electron chi connectivity index (χ0n) is 15.2. The smallest absolute Gasteiger partial charge is 0.258 e. The topological polar surface area (TPSA) is 80.8 Å². The molecule has 0 N–H and O–H groups in total. The second kappa shape index (κ2) is 6.96. The van der Waals surface area contributed by atoms with Crippen molar-refractivity contribution in [1.82, 2.24) is 25.1 Å². The lowest BCUT2D eigenvalue weighted by molar-refractivity contribution is 0.432. The fraction of sp³-hybridized carbons (Fsp3) is 0.389. The van der Waals surface area contributed by atoms with E-state index in [2.05, 4.69) is 43.8 Å². The van der Waals surface area contributed by atoms with Crippen LogP contribution in [0.1, 0.15) is 30.9 Å². The molecule has 7 nitrogen and oxygen atoms in total. The highest BCUT2D eigenvalue weighted by atomic mass is 16.5. The molecule has 0 aliphatic carbocycles. The molecular weight excluding hydrogens is 316 g/mol. The van der Waals surface area contributed by atoms with Gasteiger partial charge in [0.25, 0.3) is 5.89 Å². The lowest BCUT2D eigenvalue weighted by Crippen LogP contribution is -2.24. The molecule has 7 heteroatoms.